The third-order valence-corrected chi connectivity index (χ3v) is 15.6. The van der Waals surface area contributed by atoms with Crippen molar-refractivity contribution in [1.29, 1.82) is 0 Å². The highest BCUT2D eigenvalue weighted by molar-refractivity contribution is 5.64. The summed E-state index contributed by atoms with van der Waals surface area (Å²) in [4.78, 5) is 19.5. The van der Waals surface area contributed by atoms with Crippen LogP contribution in [0.1, 0.15) is 86.5 Å². The van der Waals surface area contributed by atoms with Crippen LogP contribution in [-0.4, -0.2) is 88.8 Å². The van der Waals surface area contributed by atoms with Gasteiger partial charge in [-0.25, -0.2) is 4.79 Å². The first-order chi connectivity index (χ1) is 24.4. The maximum atomic E-state index is 14.0. The van der Waals surface area contributed by atoms with Gasteiger partial charge >= 0.3 is 6.16 Å². The molecule has 0 radical (unpaired) electrons. The molecule has 2 N–H and O–H groups in total. The second-order valence-electron chi connectivity index (χ2n) is 17.9. The molecule has 2 saturated heterocycles. The number of piperidine rings is 2. The fourth-order valence-corrected chi connectivity index (χ4v) is 13.4. The first-order valence-electron chi connectivity index (χ1n) is 19.8. The number of phenols is 2. The molecule has 9 nitrogen and oxygen atoms in total. The topological polar surface area (TPSA) is 101 Å². The van der Waals surface area contributed by atoms with E-state index in [-0.39, 0.29) is 34.5 Å². The minimum absolute atomic E-state index is 0.192. The van der Waals surface area contributed by atoms with Gasteiger partial charge in [0.05, 0.1) is 0 Å². The Labute approximate surface area is 293 Å². The number of nitrogens with zero attached hydrogens (tertiary/aromatic N) is 2. The molecule has 2 aromatic rings. The number of aromatic hydroxyl groups is 2. The van der Waals surface area contributed by atoms with Crippen LogP contribution in [0, 0.1) is 23.7 Å². The van der Waals surface area contributed by atoms with Crippen molar-refractivity contribution in [3.05, 3.63) is 46.5 Å². The van der Waals surface area contributed by atoms with E-state index < -0.39 is 18.4 Å². The highest BCUT2D eigenvalue weighted by Gasteiger charge is 2.69. The molecule has 4 saturated carbocycles. The monoisotopic (exact) mass is 680 g/mol. The zero-order valence-corrected chi connectivity index (χ0v) is 28.7. The Balaban J connectivity index is 0.826. The fourth-order valence-electron chi connectivity index (χ4n) is 13.4. The largest absolute Gasteiger partial charge is 0.509 e. The van der Waals surface area contributed by atoms with E-state index in [2.05, 4.69) is 21.9 Å². The standard InChI is InChI=1S/C41H48N2O7/c44-29-9-5-23-17-27-25-7-11-31(37-40(25,33(23)35(29)49-37)13-15-42(27)19-21-1-2-21)47-39(46)48-32-12-8-26-28-18-24-6-10-30(45)36-34(24)41(26,38(32)50-36)14-16-43(28)20-22-3-4-22/h5-6,9-10,21-22,25-28,31-32,37-38,44-45H,1-4,7-8,11-20H2/t25-,26-,27+,28?,31-,32-,37-,38-,40-,41-/m0/s1. The van der Waals surface area contributed by atoms with Gasteiger partial charge in [-0.15, -0.1) is 0 Å². The van der Waals surface area contributed by atoms with E-state index in [0.29, 0.717) is 35.4 Å². The summed E-state index contributed by atoms with van der Waals surface area (Å²) < 4.78 is 26.2. The van der Waals surface area contributed by atoms with Crippen molar-refractivity contribution in [3.8, 4) is 23.0 Å². The second-order valence-corrected chi connectivity index (χ2v) is 17.9. The molecular weight excluding hydrogens is 632 g/mol. The Bertz CT molecular complexity index is 1680. The summed E-state index contributed by atoms with van der Waals surface area (Å²) in [6.07, 6.45) is 10.4. The van der Waals surface area contributed by atoms with E-state index in [4.69, 9.17) is 18.9 Å². The molecule has 1 unspecified atom stereocenters. The predicted molar refractivity (Wildman–Crippen MR) is 182 cm³/mol. The second kappa shape index (κ2) is 10.0. The number of carbonyl (C=O) groups excluding carboxylic acids is 1. The molecular formula is C41H48N2O7. The minimum Gasteiger partial charge on any atom is -0.504 e. The summed E-state index contributed by atoms with van der Waals surface area (Å²) in [5.41, 5.74) is 4.42. The van der Waals surface area contributed by atoms with Crippen LogP contribution in [0.15, 0.2) is 24.3 Å². The molecule has 4 bridgehead atoms. The fraction of sp³-hybridized carbons (Fsp3) is 0.683. The van der Waals surface area contributed by atoms with Crippen LogP contribution in [0.25, 0.3) is 0 Å². The summed E-state index contributed by atoms with van der Waals surface area (Å²) in [7, 11) is 0. The van der Waals surface area contributed by atoms with Crippen LogP contribution >= 0.6 is 0 Å². The lowest BCUT2D eigenvalue weighted by Crippen LogP contribution is -2.68. The summed E-state index contributed by atoms with van der Waals surface area (Å²) in [5.74, 6) is 4.11. The van der Waals surface area contributed by atoms with Crippen LogP contribution < -0.4 is 9.47 Å². The van der Waals surface area contributed by atoms with Crippen molar-refractivity contribution in [1.82, 2.24) is 9.80 Å². The number of rotatable bonds is 6. The Hall–Kier alpha value is -3.17. The Morgan fingerprint density at radius 2 is 1.14 bits per heavy atom. The molecule has 0 aromatic heterocycles. The molecule has 2 spiro atoms. The van der Waals surface area contributed by atoms with E-state index >= 15 is 0 Å². The molecule has 6 fully saturated rings. The minimum atomic E-state index is -0.644. The highest BCUT2D eigenvalue weighted by atomic mass is 16.7. The van der Waals surface area contributed by atoms with Crippen LogP contribution in [-0.2, 0) is 33.1 Å². The SMILES string of the molecule is O=C(O[C@H]1CC[C@H]2C3Cc4ccc(O)c5c4[C@@]2(CCN3CC2CC2)[C@H]1O5)O[C@H]1CC[C@H]2[C@H]3Cc4ccc(O)c5c4[C@@]2(CCN3CC2CC2)[C@H]1O5. The molecule has 4 heterocycles. The van der Waals surface area contributed by atoms with Crippen LogP contribution in [0.5, 0.6) is 23.0 Å². The van der Waals surface area contributed by atoms with Crippen LogP contribution in [0.3, 0.4) is 0 Å². The molecule has 0 amide bonds. The van der Waals surface area contributed by atoms with Crippen LogP contribution in [0.2, 0.25) is 0 Å². The quantitative estimate of drug-likeness (QED) is 0.379. The van der Waals surface area contributed by atoms with Crippen molar-refractivity contribution >= 4 is 6.16 Å². The number of hydrogen-bond donors (Lipinski definition) is 2. The Kier molecular flexibility index (Phi) is 5.90. The van der Waals surface area contributed by atoms with Gasteiger partial charge < -0.3 is 29.2 Å². The molecule has 10 aliphatic rings. The third kappa shape index (κ3) is 3.79. The van der Waals surface area contributed by atoms with E-state index in [1.54, 1.807) is 12.1 Å². The van der Waals surface area contributed by atoms with Crippen molar-refractivity contribution in [2.45, 2.75) is 124 Å². The van der Waals surface area contributed by atoms with Gasteiger partial charge in [-0.05, 0) is 137 Å². The first kappa shape index (κ1) is 29.4. The van der Waals surface area contributed by atoms with E-state index in [0.717, 1.165) is 76.3 Å². The van der Waals surface area contributed by atoms with Crippen molar-refractivity contribution in [2.24, 2.45) is 23.7 Å². The van der Waals surface area contributed by atoms with Gasteiger partial charge in [0, 0.05) is 47.1 Å². The van der Waals surface area contributed by atoms with Gasteiger partial charge in [0.2, 0.25) is 0 Å². The predicted octanol–water partition coefficient (Wildman–Crippen LogP) is 5.59. The number of benzene rings is 2. The number of ether oxygens (including phenoxy) is 4. The first-order valence-corrected chi connectivity index (χ1v) is 19.8. The van der Waals surface area contributed by atoms with Gasteiger partial charge in [-0.1, -0.05) is 12.1 Å². The molecule has 10 atom stereocenters. The molecule has 264 valence electrons. The Morgan fingerprint density at radius 1 is 0.680 bits per heavy atom. The lowest BCUT2D eigenvalue weighted by atomic mass is 9.51. The Morgan fingerprint density at radius 3 is 1.58 bits per heavy atom. The maximum Gasteiger partial charge on any atom is 0.509 e. The molecule has 9 heteroatoms. The van der Waals surface area contributed by atoms with E-state index in [1.807, 2.05) is 0 Å². The van der Waals surface area contributed by atoms with Gasteiger partial charge in [0.1, 0.15) is 24.4 Å². The van der Waals surface area contributed by atoms with E-state index in [1.165, 1.54) is 61.0 Å². The lowest BCUT2D eigenvalue weighted by molar-refractivity contribution is -0.139. The normalized spacial score (nSPS) is 41.4. The van der Waals surface area contributed by atoms with Crippen molar-refractivity contribution < 1.29 is 34.0 Å². The van der Waals surface area contributed by atoms with Crippen LogP contribution in [0.4, 0.5) is 4.79 Å². The van der Waals surface area contributed by atoms with Gasteiger partial charge in [0.15, 0.2) is 23.0 Å². The maximum absolute atomic E-state index is 14.0. The number of phenolic OH excluding ortho intramolecular Hbond substituents is 2. The van der Waals surface area contributed by atoms with Crippen molar-refractivity contribution in [2.75, 3.05) is 26.2 Å². The summed E-state index contributed by atoms with van der Waals surface area (Å²) in [6.45, 7) is 4.40. The molecule has 50 heavy (non-hydrogen) atoms. The zero-order valence-electron chi connectivity index (χ0n) is 28.7. The number of likely N-dealkylation sites (tertiary alicyclic amines) is 2. The summed E-state index contributed by atoms with van der Waals surface area (Å²) in [5, 5.41) is 22.1. The van der Waals surface area contributed by atoms with Gasteiger partial charge in [0.25, 0.3) is 0 Å². The average molecular weight is 681 g/mol. The summed E-state index contributed by atoms with van der Waals surface area (Å²) in [6, 6.07) is 8.71. The highest BCUT2D eigenvalue weighted by Crippen LogP contribution is 2.66. The van der Waals surface area contributed by atoms with Gasteiger partial charge in [-0.2, -0.15) is 0 Å². The molecule has 12 rings (SSSR count). The molecule has 2 aromatic carbocycles. The average Bonchev–Trinajstić information content (AvgIpc) is 4.04. The van der Waals surface area contributed by atoms with E-state index in [9.17, 15) is 15.0 Å². The molecule has 4 aliphatic heterocycles. The third-order valence-electron chi connectivity index (χ3n) is 15.6. The smallest absolute Gasteiger partial charge is 0.504 e. The molecule has 6 aliphatic carbocycles. The lowest BCUT2D eigenvalue weighted by Gasteiger charge is -2.59. The summed E-state index contributed by atoms with van der Waals surface area (Å²) >= 11 is 0. The number of carbonyl (C=O) groups is 1. The number of hydrogen-bond acceptors (Lipinski definition) is 9. The van der Waals surface area contributed by atoms with Gasteiger partial charge in [-0.3, -0.25) is 9.80 Å². The van der Waals surface area contributed by atoms with Crippen molar-refractivity contribution in [3.63, 3.8) is 0 Å². The zero-order chi connectivity index (χ0) is 33.1.